The van der Waals surface area contributed by atoms with Crippen molar-refractivity contribution in [3.63, 3.8) is 0 Å². The van der Waals surface area contributed by atoms with Crippen LogP contribution in [0.2, 0.25) is 0 Å². The molecule has 0 atom stereocenters. The van der Waals surface area contributed by atoms with Gasteiger partial charge in [0, 0.05) is 0 Å². The normalized spacial score (nSPS) is 11.0. The molecule has 0 aliphatic rings. The molecule has 0 heterocycles. The molecule has 1 amide bonds. The van der Waals surface area contributed by atoms with Gasteiger partial charge in [-0.1, -0.05) is 18.2 Å². The quantitative estimate of drug-likeness (QED) is 0.645. The molecule has 0 saturated carbocycles. The Bertz CT molecular complexity index is 835. The minimum Gasteiger partial charge on any atom is -0.497 e. The third-order valence-electron chi connectivity index (χ3n) is 3.56. The summed E-state index contributed by atoms with van der Waals surface area (Å²) in [5.74, 6) is 0.951. The number of amides is 1. The monoisotopic (exact) mass is 378 g/mol. The predicted octanol–water partition coefficient (Wildman–Crippen LogP) is 1.48. The molecule has 0 bridgehead atoms. The van der Waals surface area contributed by atoms with Gasteiger partial charge in [0.1, 0.15) is 18.1 Å². The van der Waals surface area contributed by atoms with Gasteiger partial charge in [0.2, 0.25) is 15.9 Å². The van der Waals surface area contributed by atoms with Crippen LogP contribution in [0.15, 0.2) is 53.4 Å². The molecule has 0 aromatic heterocycles. The van der Waals surface area contributed by atoms with Gasteiger partial charge in [-0.3, -0.25) is 4.79 Å². The molecule has 140 valence electrons. The summed E-state index contributed by atoms with van der Waals surface area (Å²) in [4.78, 5) is 12.0. The van der Waals surface area contributed by atoms with Crippen molar-refractivity contribution >= 4 is 15.9 Å². The highest BCUT2D eigenvalue weighted by Gasteiger charge is 2.17. The highest BCUT2D eigenvalue weighted by Crippen LogP contribution is 2.16. The van der Waals surface area contributed by atoms with Gasteiger partial charge in [0.15, 0.2) is 0 Å². The van der Waals surface area contributed by atoms with E-state index in [0.717, 1.165) is 5.75 Å². The second-order valence-electron chi connectivity index (χ2n) is 5.46. The second-order valence-corrected chi connectivity index (χ2v) is 7.20. The minimum atomic E-state index is -3.72. The van der Waals surface area contributed by atoms with Gasteiger partial charge >= 0.3 is 0 Å². The van der Waals surface area contributed by atoms with Gasteiger partial charge in [-0.25, -0.2) is 13.1 Å². The zero-order valence-corrected chi connectivity index (χ0v) is 15.5. The number of rotatable bonds is 9. The zero-order chi connectivity index (χ0) is 19.0. The van der Waals surface area contributed by atoms with E-state index in [1.807, 2.05) is 0 Å². The van der Waals surface area contributed by atoms with Crippen molar-refractivity contribution in [2.24, 2.45) is 0 Å². The van der Waals surface area contributed by atoms with E-state index in [-0.39, 0.29) is 24.6 Å². The Balaban J connectivity index is 1.72. The Kier molecular flexibility index (Phi) is 6.99. The van der Waals surface area contributed by atoms with Crippen molar-refractivity contribution in [2.75, 3.05) is 26.8 Å². The lowest BCUT2D eigenvalue weighted by molar-refractivity contribution is -0.120. The average Bonchev–Trinajstić information content (AvgIpc) is 2.64. The van der Waals surface area contributed by atoms with E-state index in [2.05, 4.69) is 10.0 Å². The number of methoxy groups -OCH3 is 1. The summed E-state index contributed by atoms with van der Waals surface area (Å²) >= 11 is 0. The maximum absolute atomic E-state index is 12.2. The number of hydrogen-bond acceptors (Lipinski definition) is 5. The number of aryl methyl sites for hydroxylation is 1. The second kappa shape index (κ2) is 9.21. The Labute approximate surface area is 153 Å². The molecule has 2 rings (SSSR count). The summed E-state index contributed by atoms with van der Waals surface area (Å²) in [6.07, 6.45) is 0. The molecule has 2 aromatic carbocycles. The van der Waals surface area contributed by atoms with Gasteiger partial charge in [0.05, 0.1) is 25.1 Å². The van der Waals surface area contributed by atoms with Crippen LogP contribution in [-0.4, -0.2) is 41.1 Å². The standard InChI is InChI=1S/C18H22N2O5S/c1-14-5-3-4-6-17(14)26(22,23)20-13-18(21)19-11-12-25-16-9-7-15(24-2)8-10-16/h3-10,20H,11-13H2,1-2H3,(H,19,21). The van der Waals surface area contributed by atoms with Crippen LogP contribution < -0.4 is 19.5 Å². The highest BCUT2D eigenvalue weighted by atomic mass is 32.2. The molecule has 0 fully saturated rings. The fraction of sp³-hybridized carbons (Fsp3) is 0.278. The fourth-order valence-corrected chi connectivity index (χ4v) is 3.42. The first kappa shape index (κ1) is 19.7. The van der Waals surface area contributed by atoms with Gasteiger partial charge in [-0.05, 0) is 42.8 Å². The first-order chi connectivity index (χ1) is 12.4. The number of carbonyl (C=O) groups is 1. The molecular weight excluding hydrogens is 356 g/mol. The largest absolute Gasteiger partial charge is 0.497 e. The van der Waals surface area contributed by atoms with Gasteiger partial charge < -0.3 is 14.8 Å². The smallest absolute Gasteiger partial charge is 0.241 e. The van der Waals surface area contributed by atoms with Crippen molar-refractivity contribution < 1.29 is 22.7 Å². The fourth-order valence-electron chi connectivity index (χ4n) is 2.19. The summed E-state index contributed by atoms with van der Waals surface area (Å²) in [6.45, 7) is 1.89. The van der Waals surface area contributed by atoms with E-state index in [4.69, 9.17) is 9.47 Å². The van der Waals surface area contributed by atoms with E-state index in [0.29, 0.717) is 11.3 Å². The maximum atomic E-state index is 12.2. The van der Waals surface area contributed by atoms with Crippen LogP contribution in [0, 0.1) is 6.92 Å². The average molecular weight is 378 g/mol. The number of hydrogen-bond donors (Lipinski definition) is 2. The predicted molar refractivity (Wildman–Crippen MR) is 97.9 cm³/mol. The molecule has 0 radical (unpaired) electrons. The number of carbonyl (C=O) groups excluding carboxylic acids is 1. The zero-order valence-electron chi connectivity index (χ0n) is 14.7. The molecule has 0 spiro atoms. The molecule has 26 heavy (non-hydrogen) atoms. The minimum absolute atomic E-state index is 0.163. The molecule has 7 nitrogen and oxygen atoms in total. The summed E-state index contributed by atoms with van der Waals surface area (Å²) < 4.78 is 37.2. The number of benzene rings is 2. The van der Waals surface area contributed by atoms with E-state index < -0.39 is 15.9 Å². The highest BCUT2D eigenvalue weighted by molar-refractivity contribution is 7.89. The SMILES string of the molecule is COc1ccc(OCCNC(=O)CNS(=O)(=O)c2ccccc2C)cc1. The van der Waals surface area contributed by atoms with Crippen LogP contribution in [-0.2, 0) is 14.8 Å². The van der Waals surface area contributed by atoms with Crippen molar-refractivity contribution in [3.8, 4) is 11.5 Å². The van der Waals surface area contributed by atoms with Crippen LogP contribution in [0.1, 0.15) is 5.56 Å². The van der Waals surface area contributed by atoms with E-state index >= 15 is 0 Å². The first-order valence-corrected chi connectivity index (χ1v) is 9.49. The van der Waals surface area contributed by atoms with Crippen LogP contribution in [0.3, 0.4) is 0 Å². The van der Waals surface area contributed by atoms with Crippen molar-refractivity contribution in [3.05, 3.63) is 54.1 Å². The third-order valence-corrected chi connectivity index (χ3v) is 5.12. The maximum Gasteiger partial charge on any atom is 0.241 e. The first-order valence-electron chi connectivity index (χ1n) is 8.01. The summed E-state index contributed by atoms with van der Waals surface area (Å²) in [6, 6.07) is 13.7. The van der Waals surface area contributed by atoms with E-state index in [1.54, 1.807) is 56.5 Å². The van der Waals surface area contributed by atoms with E-state index in [9.17, 15) is 13.2 Å². The van der Waals surface area contributed by atoms with Gasteiger partial charge in [-0.15, -0.1) is 0 Å². The van der Waals surface area contributed by atoms with Crippen LogP contribution in [0.25, 0.3) is 0 Å². The van der Waals surface area contributed by atoms with Crippen molar-refractivity contribution in [2.45, 2.75) is 11.8 Å². The summed E-state index contributed by atoms with van der Waals surface area (Å²) in [7, 11) is -2.14. The Hall–Kier alpha value is -2.58. The van der Waals surface area contributed by atoms with Crippen LogP contribution >= 0.6 is 0 Å². The molecular formula is C18H22N2O5S. The van der Waals surface area contributed by atoms with Gasteiger partial charge in [0.25, 0.3) is 0 Å². The summed E-state index contributed by atoms with van der Waals surface area (Å²) in [5, 5.41) is 2.60. The number of ether oxygens (including phenoxy) is 2. The van der Waals surface area contributed by atoms with Crippen molar-refractivity contribution in [1.29, 1.82) is 0 Å². The van der Waals surface area contributed by atoms with Crippen molar-refractivity contribution in [1.82, 2.24) is 10.0 Å². The Morgan fingerprint density at radius 2 is 1.69 bits per heavy atom. The molecule has 2 aromatic rings. The molecule has 8 heteroatoms. The topological polar surface area (TPSA) is 93.7 Å². The lowest BCUT2D eigenvalue weighted by Gasteiger charge is -2.10. The molecule has 0 unspecified atom stereocenters. The van der Waals surface area contributed by atoms with E-state index in [1.165, 1.54) is 6.07 Å². The lowest BCUT2D eigenvalue weighted by Crippen LogP contribution is -2.38. The Morgan fingerprint density at radius 1 is 1.04 bits per heavy atom. The molecule has 0 aliphatic heterocycles. The lowest BCUT2D eigenvalue weighted by atomic mass is 10.2. The van der Waals surface area contributed by atoms with Gasteiger partial charge in [-0.2, -0.15) is 0 Å². The molecule has 0 aliphatic carbocycles. The third kappa shape index (κ3) is 5.75. The summed E-state index contributed by atoms with van der Waals surface area (Å²) in [5.41, 5.74) is 0.619. The van der Waals surface area contributed by atoms with Crippen LogP contribution in [0.5, 0.6) is 11.5 Å². The Morgan fingerprint density at radius 3 is 2.35 bits per heavy atom. The number of sulfonamides is 1. The molecule has 0 saturated heterocycles. The number of nitrogens with one attached hydrogen (secondary N) is 2. The van der Waals surface area contributed by atoms with Crippen LogP contribution in [0.4, 0.5) is 0 Å². The molecule has 2 N–H and O–H groups in total.